The van der Waals surface area contributed by atoms with Crippen LogP contribution in [0.4, 0.5) is 5.13 Å². The third kappa shape index (κ3) is 3.66. The quantitative estimate of drug-likeness (QED) is 0.672. The standard InChI is InChI=1S/C19H18N2O5S/c1-10(22)13-7-12(26-11(13)2)3-4-18(23)21-19-20-14-8-15-16(9-17(14)27-19)25-6-5-24-15/h7-9H,3-6H2,1-2H3,(H,20,21,23). The molecule has 3 heterocycles. The van der Waals surface area contributed by atoms with Crippen LogP contribution in [0.5, 0.6) is 11.5 Å². The Morgan fingerprint density at radius 1 is 1.19 bits per heavy atom. The van der Waals surface area contributed by atoms with E-state index in [4.69, 9.17) is 13.9 Å². The van der Waals surface area contributed by atoms with E-state index >= 15 is 0 Å². The lowest BCUT2D eigenvalue weighted by molar-refractivity contribution is -0.116. The first-order chi connectivity index (χ1) is 13.0. The molecule has 0 fully saturated rings. The fourth-order valence-electron chi connectivity index (χ4n) is 2.95. The number of rotatable bonds is 5. The lowest BCUT2D eigenvalue weighted by Gasteiger charge is -2.17. The van der Waals surface area contributed by atoms with Gasteiger partial charge in [-0.25, -0.2) is 4.98 Å². The summed E-state index contributed by atoms with van der Waals surface area (Å²) >= 11 is 1.38. The number of nitrogens with one attached hydrogen (secondary N) is 1. The third-order valence-corrected chi connectivity index (χ3v) is 5.18. The number of hydrogen-bond donors (Lipinski definition) is 1. The summed E-state index contributed by atoms with van der Waals surface area (Å²) < 4.78 is 17.6. The highest BCUT2D eigenvalue weighted by Crippen LogP contribution is 2.37. The van der Waals surface area contributed by atoms with Crippen molar-refractivity contribution in [2.45, 2.75) is 26.7 Å². The molecular weight excluding hydrogens is 368 g/mol. The zero-order chi connectivity index (χ0) is 19.0. The van der Waals surface area contributed by atoms with Gasteiger partial charge in [0.05, 0.1) is 15.8 Å². The van der Waals surface area contributed by atoms with Crippen molar-refractivity contribution in [3.05, 3.63) is 35.3 Å². The number of furan rings is 1. The molecule has 7 nitrogen and oxygen atoms in total. The largest absolute Gasteiger partial charge is 0.486 e. The van der Waals surface area contributed by atoms with Crippen molar-refractivity contribution in [1.82, 2.24) is 4.98 Å². The van der Waals surface area contributed by atoms with Crippen molar-refractivity contribution in [2.24, 2.45) is 0 Å². The van der Waals surface area contributed by atoms with E-state index in [9.17, 15) is 9.59 Å². The predicted octanol–water partition coefficient (Wildman–Crippen LogP) is 3.74. The first-order valence-electron chi connectivity index (χ1n) is 8.60. The van der Waals surface area contributed by atoms with E-state index in [1.165, 1.54) is 18.3 Å². The Labute approximate surface area is 159 Å². The smallest absolute Gasteiger partial charge is 0.226 e. The van der Waals surface area contributed by atoms with Gasteiger partial charge < -0.3 is 19.2 Å². The molecule has 0 atom stereocenters. The van der Waals surface area contributed by atoms with E-state index in [2.05, 4.69) is 10.3 Å². The molecule has 3 aromatic rings. The molecule has 0 spiro atoms. The predicted molar refractivity (Wildman–Crippen MR) is 101 cm³/mol. The minimum absolute atomic E-state index is 0.0444. The van der Waals surface area contributed by atoms with Gasteiger partial charge in [0.15, 0.2) is 22.4 Å². The molecule has 0 saturated carbocycles. The van der Waals surface area contributed by atoms with E-state index in [0.717, 1.165) is 10.2 Å². The average Bonchev–Trinajstić information content (AvgIpc) is 3.20. The lowest BCUT2D eigenvalue weighted by Crippen LogP contribution is -2.15. The average molecular weight is 386 g/mol. The number of hydrogen-bond acceptors (Lipinski definition) is 7. The zero-order valence-electron chi connectivity index (χ0n) is 15.0. The second kappa shape index (κ2) is 7.03. The molecule has 0 radical (unpaired) electrons. The Morgan fingerprint density at radius 2 is 1.93 bits per heavy atom. The van der Waals surface area contributed by atoms with Gasteiger partial charge in [-0.2, -0.15) is 0 Å². The van der Waals surface area contributed by atoms with Gasteiger partial charge in [0.25, 0.3) is 0 Å². The summed E-state index contributed by atoms with van der Waals surface area (Å²) in [5.41, 5.74) is 1.32. The van der Waals surface area contributed by atoms with E-state index < -0.39 is 0 Å². The van der Waals surface area contributed by atoms with Gasteiger partial charge in [0.2, 0.25) is 5.91 Å². The number of benzene rings is 1. The minimum atomic E-state index is -0.162. The molecule has 1 amide bonds. The van der Waals surface area contributed by atoms with E-state index in [-0.39, 0.29) is 18.1 Å². The summed E-state index contributed by atoms with van der Waals surface area (Å²) in [4.78, 5) is 28.2. The number of ketones is 1. The number of carbonyl (C=O) groups excluding carboxylic acids is 2. The number of nitrogens with zero attached hydrogens (tertiary/aromatic N) is 1. The molecule has 0 unspecified atom stereocenters. The van der Waals surface area contributed by atoms with Crippen molar-refractivity contribution < 1.29 is 23.5 Å². The molecule has 4 rings (SSSR count). The molecule has 1 aliphatic heterocycles. The normalized spacial score (nSPS) is 13.0. The number of anilines is 1. The van der Waals surface area contributed by atoms with Crippen LogP contribution in [-0.4, -0.2) is 29.9 Å². The molecule has 0 aliphatic carbocycles. The number of Topliss-reactive ketones (excluding diaryl/α,β-unsaturated/α-hetero) is 1. The molecule has 1 N–H and O–H groups in total. The fourth-order valence-corrected chi connectivity index (χ4v) is 3.85. The fraction of sp³-hybridized carbons (Fsp3) is 0.316. The Kier molecular flexibility index (Phi) is 4.57. The summed E-state index contributed by atoms with van der Waals surface area (Å²) in [5.74, 6) is 2.37. The maximum absolute atomic E-state index is 12.2. The van der Waals surface area contributed by atoms with Crippen LogP contribution in [0.3, 0.4) is 0 Å². The van der Waals surface area contributed by atoms with Gasteiger partial charge in [-0.15, -0.1) is 0 Å². The van der Waals surface area contributed by atoms with Crippen LogP contribution < -0.4 is 14.8 Å². The summed E-state index contributed by atoms with van der Waals surface area (Å²) in [6.07, 6.45) is 0.657. The van der Waals surface area contributed by atoms with Gasteiger partial charge in [0, 0.05) is 25.0 Å². The van der Waals surface area contributed by atoms with Crippen molar-refractivity contribution in [3.63, 3.8) is 0 Å². The number of ether oxygens (including phenoxy) is 2. The van der Waals surface area contributed by atoms with Gasteiger partial charge in [-0.1, -0.05) is 11.3 Å². The highest BCUT2D eigenvalue weighted by molar-refractivity contribution is 7.22. The molecular formula is C19H18N2O5S. The molecule has 140 valence electrons. The van der Waals surface area contributed by atoms with Crippen LogP contribution in [0, 0.1) is 6.92 Å². The van der Waals surface area contributed by atoms with Gasteiger partial charge in [0.1, 0.15) is 24.7 Å². The highest BCUT2D eigenvalue weighted by Gasteiger charge is 2.17. The summed E-state index contributed by atoms with van der Waals surface area (Å²) in [6.45, 7) is 4.28. The van der Waals surface area contributed by atoms with Crippen LogP contribution in [0.25, 0.3) is 10.2 Å². The second-order valence-corrected chi connectivity index (χ2v) is 7.30. The van der Waals surface area contributed by atoms with Gasteiger partial charge >= 0.3 is 0 Å². The van der Waals surface area contributed by atoms with Gasteiger partial charge in [-0.3, -0.25) is 9.59 Å². The number of carbonyl (C=O) groups is 2. The van der Waals surface area contributed by atoms with Gasteiger partial charge in [-0.05, 0) is 19.9 Å². The lowest BCUT2D eigenvalue weighted by atomic mass is 10.1. The molecule has 0 bridgehead atoms. The van der Waals surface area contributed by atoms with E-state index in [0.29, 0.717) is 53.3 Å². The summed E-state index contributed by atoms with van der Waals surface area (Å²) in [6, 6.07) is 5.41. The number of aryl methyl sites for hydroxylation is 2. The van der Waals surface area contributed by atoms with Crippen LogP contribution in [0.15, 0.2) is 22.6 Å². The highest BCUT2D eigenvalue weighted by atomic mass is 32.1. The third-order valence-electron chi connectivity index (χ3n) is 4.25. The number of amides is 1. The van der Waals surface area contributed by atoms with E-state index in [1.54, 1.807) is 13.0 Å². The van der Waals surface area contributed by atoms with Crippen LogP contribution in [0.2, 0.25) is 0 Å². The summed E-state index contributed by atoms with van der Waals surface area (Å²) in [5, 5.41) is 3.34. The SMILES string of the molecule is CC(=O)c1cc(CCC(=O)Nc2nc3cc4c(cc3s2)OCCO4)oc1C. The van der Waals surface area contributed by atoms with Crippen molar-refractivity contribution in [1.29, 1.82) is 0 Å². The molecule has 1 aromatic carbocycles. The molecule has 0 saturated heterocycles. The monoisotopic (exact) mass is 386 g/mol. The van der Waals surface area contributed by atoms with Crippen molar-refractivity contribution in [2.75, 3.05) is 18.5 Å². The number of aromatic nitrogens is 1. The second-order valence-electron chi connectivity index (χ2n) is 6.27. The van der Waals surface area contributed by atoms with Crippen LogP contribution >= 0.6 is 11.3 Å². The number of fused-ring (bicyclic) bond motifs is 2. The Hall–Kier alpha value is -2.87. The molecule has 8 heteroatoms. The van der Waals surface area contributed by atoms with E-state index in [1.807, 2.05) is 12.1 Å². The first-order valence-corrected chi connectivity index (χ1v) is 9.41. The summed E-state index contributed by atoms with van der Waals surface area (Å²) in [7, 11) is 0. The maximum Gasteiger partial charge on any atom is 0.226 e. The topological polar surface area (TPSA) is 90.7 Å². The Morgan fingerprint density at radius 3 is 2.63 bits per heavy atom. The van der Waals surface area contributed by atoms with Crippen molar-refractivity contribution >= 4 is 38.4 Å². The van der Waals surface area contributed by atoms with Crippen LogP contribution in [-0.2, 0) is 11.2 Å². The Balaban J connectivity index is 1.42. The van der Waals surface area contributed by atoms with Crippen LogP contribution in [0.1, 0.15) is 35.2 Å². The Bertz CT molecular complexity index is 993. The zero-order valence-corrected chi connectivity index (χ0v) is 15.8. The number of thiazole rings is 1. The first kappa shape index (κ1) is 17.5. The molecule has 2 aromatic heterocycles. The maximum atomic E-state index is 12.2. The molecule has 27 heavy (non-hydrogen) atoms. The van der Waals surface area contributed by atoms with Crippen molar-refractivity contribution in [3.8, 4) is 11.5 Å². The molecule has 1 aliphatic rings. The minimum Gasteiger partial charge on any atom is -0.486 e.